The molecule has 0 bridgehead atoms. The fraction of sp³-hybridized carbons (Fsp3) is 1.00. The first-order chi connectivity index (χ1) is 5.41. The van der Waals surface area contributed by atoms with E-state index in [2.05, 4.69) is 13.8 Å². The minimum atomic E-state index is 0. The summed E-state index contributed by atoms with van der Waals surface area (Å²) in [5, 5.41) is 0. The highest BCUT2D eigenvalue weighted by atomic mass is 13.4. The molecule has 82 valence electrons. The van der Waals surface area contributed by atoms with Gasteiger partial charge < -0.3 is 0 Å². The van der Waals surface area contributed by atoms with Crippen molar-refractivity contribution >= 4 is 0 Å². The van der Waals surface area contributed by atoms with Crippen LogP contribution in [0.15, 0.2) is 0 Å². The average molecular weight is 176 g/mol. The molecule has 0 heteroatoms. The Hall–Kier alpha value is 0. The van der Waals surface area contributed by atoms with Gasteiger partial charge in [0.15, 0.2) is 0 Å². The van der Waals surface area contributed by atoms with Crippen LogP contribution in [0.2, 0.25) is 0 Å². The maximum atomic E-state index is 2.12. The highest BCUT2D eigenvalue weighted by Crippen LogP contribution is 1.56. The van der Waals surface area contributed by atoms with Gasteiger partial charge in [0, 0.05) is 4.28 Å². The standard InChI is InChI=1S/C3H8.4C2H6.3H2/c1-3-2;4*1-2;;;/h3H2,1-2H3;4*1-2H3;3*1H/i;;;;;3*1+2. The number of hydrogen-bond acceptors (Lipinski definition) is 0. The SMILES string of the molecule is CC.CC.CC.CC.CCC.[3HH].[3HH].[3HH]. The summed E-state index contributed by atoms with van der Waals surface area (Å²) in [6, 6.07) is 0. The molecule has 0 aromatic carbocycles. The molecule has 0 fully saturated rings. The van der Waals surface area contributed by atoms with Gasteiger partial charge in [0.25, 0.3) is 0 Å². The van der Waals surface area contributed by atoms with E-state index in [1.807, 2.05) is 55.4 Å². The molecule has 0 aromatic rings. The van der Waals surface area contributed by atoms with Gasteiger partial charge in [0.1, 0.15) is 0 Å². The van der Waals surface area contributed by atoms with Crippen LogP contribution in [-0.2, 0) is 0 Å². The summed E-state index contributed by atoms with van der Waals surface area (Å²) in [6.45, 7) is 20.2. The largest absolute Gasteiger partial charge is 0.0683 e. The molecule has 0 saturated heterocycles. The van der Waals surface area contributed by atoms with Gasteiger partial charge in [-0.15, -0.1) is 0 Å². The van der Waals surface area contributed by atoms with Crippen LogP contribution in [0, 0.1) is 0 Å². The second-order valence-electron chi connectivity index (χ2n) is 0.707. The van der Waals surface area contributed by atoms with E-state index in [-0.39, 0.29) is 4.28 Å². The van der Waals surface area contributed by atoms with E-state index in [1.165, 1.54) is 6.42 Å². The Morgan fingerprint density at radius 3 is 0.545 bits per heavy atom. The van der Waals surface area contributed by atoms with E-state index in [4.69, 9.17) is 0 Å². The molecule has 0 heterocycles. The summed E-state index contributed by atoms with van der Waals surface area (Å²) < 4.78 is 0. The van der Waals surface area contributed by atoms with Crippen molar-refractivity contribution in [3.05, 3.63) is 0 Å². The second kappa shape index (κ2) is 810. The van der Waals surface area contributed by atoms with Crippen molar-refractivity contribution < 1.29 is 4.28 Å². The van der Waals surface area contributed by atoms with Crippen molar-refractivity contribution in [3.8, 4) is 0 Å². The maximum absolute atomic E-state index is 2.12. The molecular weight excluding hydrogens is 132 g/mol. The first-order valence-electron chi connectivity index (χ1n) is 5.41. The van der Waals surface area contributed by atoms with Crippen molar-refractivity contribution in [2.45, 2.75) is 75.7 Å². The van der Waals surface area contributed by atoms with Crippen molar-refractivity contribution in [1.29, 1.82) is 0 Å². The van der Waals surface area contributed by atoms with Gasteiger partial charge in [-0.25, -0.2) is 0 Å². The van der Waals surface area contributed by atoms with Crippen molar-refractivity contribution in [3.63, 3.8) is 0 Å². The average Bonchev–Trinajstić information content (AvgIpc) is 2.18. The Labute approximate surface area is 80.9 Å². The molecule has 0 aliphatic heterocycles. The summed E-state index contributed by atoms with van der Waals surface area (Å²) in [5.41, 5.74) is 0. The van der Waals surface area contributed by atoms with Gasteiger partial charge in [0.2, 0.25) is 0 Å². The van der Waals surface area contributed by atoms with Crippen molar-refractivity contribution in [1.82, 2.24) is 0 Å². The van der Waals surface area contributed by atoms with Crippen LogP contribution in [0.25, 0.3) is 0 Å². The summed E-state index contributed by atoms with van der Waals surface area (Å²) in [7, 11) is 0. The molecule has 11 heavy (non-hydrogen) atoms. The Balaban J connectivity index is -0.00000000515. The minimum absolute atomic E-state index is 0. The van der Waals surface area contributed by atoms with Crippen molar-refractivity contribution in [2.75, 3.05) is 0 Å². The van der Waals surface area contributed by atoms with E-state index in [0.717, 1.165) is 0 Å². The fourth-order valence-electron chi connectivity index (χ4n) is 0. The molecule has 0 saturated carbocycles. The molecule has 0 rings (SSSR count). The first-order valence-corrected chi connectivity index (χ1v) is 5.41. The lowest BCUT2D eigenvalue weighted by molar-refractivity contribution is 1.09. The van der Waals surface area contributed by atoms with Crippen molar-refractivity contribution in [2.24, 2.45) is 0 Å². The third-order valence-corrected chi connectivity index (χ3v) is 0. The Bertz CT molecular complexity index is 10.5. The Morgan fingerprint density at radius 1 is 0.545 bits per heavy atom. The van der Waals surface area contributed by atoms with E-state index in [0.29, 0.717) is 0 Å². The lowest BCUT2D eigenvalue weighted by Gasteiger charge is -1.48. The topological polar surface area (TPSA) is 0 Å². The van der Waals surface area contributed by atoms with E-state index < -0.39 is 0 Å². The molecule has 0 aromatic heterocycles. The zero-order chi connectivity index (χ0) is 10.7. The van der Waals surface area contributed by atoms with Gasteiger partial charge in [-0.3, -0.25) is 0 Å². The van der Waals surface area contributed by atoms with Gasteiger partial charge in [-0.1, -0.05) is 75.7 Å². The molecule has 0 unspecified atom stereocenters. The number of hydrogen-bond donors (Lipinski definition) is 0. The van der Waals surface area contributed by atoms with Crippen LogP contribution in [0.4, 0.5) is 0 Å². The van der Waals surface area contributed by atoms with Crippen LogP contribution in [0.3, 0.4) is 0 Å². The third-order valence-electron chi connectivity index (χ3n) is 0. The minimum Gasteiger partial charge on any atom is -0.0683 e. The monoisotopic (exact) mass is 176 g/mol. The first kappa shape index (κ1) is 30.6. The molecule has 0 radical (unpaired) electrons. The Kier molecular flexibility index (Phi) is 2250. The lowest BCUT2D eigenvalue weighted by Crippen LogP contribution is -1.27. The van der Waals surface area contributed by atoms with Crippen LogP contribution in [0.1, 0.15) is 79.9 Å². The Morgan fingerprint density at radius 2 is 0.545 bits per heavy atom. The predicted molar refractivity (Wildman–Crippen MR) is 67.7 cm³/mol. The summed E-state index contributed by atoms with van der Waals surface area (Å²) >= 11 is 0. The van der Waals surface area contributed by atoms with E-state index in [9.17, 15) is 0 Å². The normalized spacial score (nSPS) is 3.82. The third kappa shape index (κ3) is 0. The molecule has 0 N–H and O–H groups in total. The molecule has 0 aliphatic rings. The zero-order valence-corrected chi connectivity index (χ0v) is 10.7. The highest BCUT2D eigenvalue weighted by Gasteiger charge is 1.35. The van der Waals surface area contributed by atoms with Gasteiger partial charge in [-0.05, 0) is 0 Å². The zero-order valence-electron chi connectivity index (χ0n) is 10.7. The smallest absolute Gasteiger partial charge is 0 e. The number of rotatable bonds is 0. The quantitative estimate of drug-likeness (QED) is 0.409. The van der Waals surface area contributed by atoms with Crippen LogP contribution in [-0.4, -0.2) is 0 Å². The van der Waals surface area contributed by atoms with Crippen LogP contribution < -0.4 is 0 Å². The molecule has 0 spiro atoms. The predicted octanol–water partition coefficient (Wildman–Crippen LogP) is 6.26. The van der Waals surface area contributed by atoms with E-state index in [1.54, 1.807) is 0 Å². The molecular formula is C11H38. The molecule has 0 aliphatic carbocycles. The highest BCUT2D eigenvalue weighted by molar-refractivity contribution is 3.92. The van der Waals surface area contributed by atoms with Gasteiger partial charge in [-0.2, -0.15) is 0 Å². The maximum Gasteiger partial charge on any atom is 0 e. The lowest BCUT2D eigenvalue weighted by atomic mass is 10.6. The van der Waals surface area contributed by atoms with Gasteiger partial charge >= 0.3 is 0 Å². The molecule has 0 nitrogen and oxygen atoms in total. The second-order valence-corrected chi connectivity index (χ2v) is 0.707. The summed E-state index contributed by atoms with van der Waals surface area (Å²) in [4.78, 5) is 0. The van der Waals surface area contributed by atoms with Crippen LogP contribution in [0.5, 0.6) is 0 Å². The van der Waals surface area contributed by atoms with E-state index >= 15 is 0 Å². The summed E-state index contributed by atoms with van der Waals surface area (Å²) in [6.07, 6.45) is 1.25. The summed E-state index contributed by atoms with van der Waals surface area (Å²) in [5.74, 6) is 0. The van der Waals surface area contributed by atoms with Crippen LogP contribution >= 0.6 is 0 Å². The van der Waals surface area contributed by atoms with Gasteiger partial charge in [0.05, 0.1) is 0 Å². The fourth-order valence-corrected chi connectivity index (χ4v) is 0. The molecule has 0 atom stereocenters. The molecule has 0 amide bonds.